The Morgan fingerprint density at radius 1 is 1.12 bits per heavy atom. The summed E-state index contributed by atoms with van der Waals surface area (Å²) in [7, 11) is 0. The number of H-pyrrole nitrogens is 1. The van der Waals surface area contributed by atoms with Crippen molar-refractivity contribution < 1.29 is 22.7 Å². The maximum Gasteiger partial charge on any atom is 0.573 e. The molecule has 1 heterocycles. The highest BCUT2D eigenvalue weighted by molar-refractivity contribution is 6.00. The molecule has 8 heteroatoms. The van der Waals surface area contributed by atoms with E-state index in [0.717, 1.165) is 22.5 Å². The smallest absolute Gasteiger partial charge is 0.405 e. The number of amides is 1. The first-order valence-electron chi connectivity index (χ1n) is 7.18. The third kappa shape index (κ3) is 3.97. The summed E-state index contributed by atoms with van der Waals surface area (Å²) in [4.78, 5) is 15.1. The van der Waals surface area contributed by atoms with Gasteiger partial charge in [0.15, 0.2) is 0 Å². The Morgan fingerprint density at radius 2 is 1.84 bits per heavy atom. The molecule has 0 fully saturated rings. The topological polar surface area (TPSA) is 66.5 Å². The predicted molar refractivity (Wildman–Crippen MR) is 86.5 cm³/mol. The van der Waals surface area contributed by atoms with Gasteiger partial charge in [0, 0.05) is 22.7 Å². The van der Waals surface area contributed by atoms with E-state index in [1.165, 1.54) is 24.4 Å². The minimum atomic E-state index is -4.89. The number of aromatic amines is 1. The Hall–Kier alpha value is -3.29. The van der Waals surface area contributed by atoms with Crippen LogP contribution < -0.4 is 10.2 Å². The van der Waals surface area contributed by atoms with Gasteiger partial charge in [-0.3, -0.25) is 4.79 Å². The molecule has 25 heavy (non-hydrogen) atoms. The van der Waals surface area contributed by atoms with E-state index < -0.39 is 18.0 Å². The summed E-state index contributed by atoms with van der Waals surface area (Å²) >= 11 is 0. The number of halogens is 3. The molecule has 0 aliphatic heterocycles. The molecule has 3 aromatic rings. The van der Waals surface area contributed by atoms with Crippen molar-refractivity contribution >= 4 is 23.0 Å². The third-order valence-electron chi connectivity index (χ3n) is 3.35. The fourth-order valence-electron chi connectivity index (χ4n) is 2.29. The van der Waals surface area contributed by atoms with E-state index >= 15 is 0 Å². The predicted octanol–water partition coefficient (Wildman–Crippen LogP) is 3.83. The Balaban J connectivity index is 1.75. The molecule has 0 bridgehead atoms. The Kier molecular flexibility index (Phi) is 4.42. The van der Waals surface area contributed by atoms with Gasteiger partial charge in [0.05, 0.1) is 11.8 Å². The number of para-hydroxylation sites is 2. The van der Waals surface area contributed by atoms with E-state index in [4.69, 9.17) is 0 Å². The van der Waals surface area contributed by atoms with Gasteiger partial charge < -0.3 is 9.72 Å². The molecule has 0 unspecified atom stereocenters. The number of hydrogen-bond donors (Lipinski definition) is 2. The summed E-state index contributed by atoms with van der Waals surface area (Å²) in [5, 5.41) is 4.70. The van der Waals surface area contributed by atoms with Gasteiger partial charge in [-0.25, -0.2) is 5.43 Å². The van der Waals surface area contributed by atoms with Crippen molar-refractivity contribution in [3.8, 4) is 5.75 Å². The molecule has 2 N–H and O–H groups in total. The first-order valence-corrected chi connectivity index (χ1v) is 7.18. The van der Waals surface area contributed by atoms with Crippen LogP contribution in [0.25, 0.3) is 10.9 Å². The number of nitrogens with one attached hydrogen (secondary N) is 2. The molecule has 0 radical (unpaired) electrons. The van der Waals surface area contributed by atoms with Crippen molar-refractivity contribution in [3.63, 3.8) is 0 Å². The molecule has 3 rings (SSSR count). The molecule has 5 nitrogen and oxygen atoms in total. The average Bonchev–Trinajstić information content (AvgIpc) is 2.97. The second kappa shape index (κ2) is 6.68. The van der Waals surface area contributed by atoms with Gasteiger partial charge in [-0.05, 0) is 18.2 Å². The Bertz CT molecular complexity index is 932. The molecular weight excluding hydrogens is 335 g/mol. The van der Waals surface area contributed by atoms with Gasteiger partial charge in [0.1, 0.15) is 5.75 Å². The number of hydrogen-bond acceptors (Lipinski definition) is 3. The van der Waals surface area contributed by atoms with Crippen LogP contribution in [0.4, 0.5) is 13.2 Å². The summed E-state index contributed by atoms with van der Waals surface area (Å²) in [5.41, 5.74) is 3.56. The number of carbonyl (C=O) groups excluding carboxylic acids is 1. The second-order valence-electron chi connectivity index (χ2n) is 5.03. The van der Waals surface area contributed by atoms with Crippen LogP contribution in [0.3, 0.4) is 0 Å². The van der Waals surface area contributed by atoms with Crippen molar-refractivity contribution in [2.45, 2.75) is 6.36 Å². The number of hydrazone groups is 1. The first kappa shape index (κ1) is 16.6. The van der Waals surface area contributed by atoms with Gasteiger partial charge >= 0.3 is 6.36 Å². The lowest BCUT2D eigenvalue weighted by molar-refractivity contribution is -0.274. The van der Waals surface area contributed by atoms with Crippen LogP contribution in [0.1, 0.15) is 15.9 Å². The van der Waals surface area contributed by atoms with Gasteiger partial charge in [-0.2, -0.15) is 5.10 Å². The number of ether oxygens (including phenoxy) is 1. The van der Waals surface area contributed by atoms with Crippen LogP contribution in [0, 0.1) is 0 Å². The summed E-state index contributed by atoms with van der Waals surface area (Å²) in [5.74, 6) is -1.40. The van der Waals surface area contributed by atoms with E-state index in [-0.39, 0.29) is 5.56 Å². The normalized spacial score (nSPS) is 11.8. The molecule has 1 amide bonds. The Morgan fingerprint density at radius 3 is 2.64 bits per heavy atom. The number of aromatic nitrogens is 1. The summed E-state index contributed by atoms with van der Waals surface area (Å²) in [6.07, 6.45) is -1.77. The number of rotatable bonds is 4. The monoisotopic (exact) mass is 347 g/mol. The van der Waals surface area contributed by atoms with E-state index in [0.29, 0.717) is 0 Å². The number of fused-ring (bicyclic) bond motifs is 1. The fraction of sp³-hybridized carbons (Fsp3) is 0.0588. The molecule has 0 saturated heterocycles. The van der Waals surface area contributed by atoms with Crippen LogP contribution in [0.15, 0.2) is 59.8 Å². The summed E-state index contributed by atoms with van der Waals surface area (Å²) in [6, 6.07) is 12.5. The van der Waals surface area contributed by atoms with Crippen LogP contribution in [-0.4, -0.2) is 23.5 Å². The van der Waals surface area contributed by atoms with Crippen molar-refractivity contribution in [1.29, 1.82) is 0 Å². The zero-order chi connectivity index (χ0) is 17.9. The zero-order valence-corrected chi connectivity index (χ0v) is 12.7. The van der Waals surface area contributed by atoms with Crippen molar-refractivity contribution in [1.82, 2.24) is 10.4 Å². The van der Waals surface area contributed by atoms with Crippen LogP contribution in [0.2, 0.25) is 0 Å². The van der Waals surface area contributed by atoms with Crippen molar-refractivity contribution in [2.75, 3.05) is 0 Å². The highest BCUT2D eigenvalue weighted by Crippen LogP contribution is 2.26. The lowest BCUT2D eigenvalue weighted by Crippen LogP contribution is -2.22. The molecule has 0 spiro atoms. The van der Waals surface area contributed by atoms with E-state index in [1.54, 1.807) is 6.20 Å². The molecule has 0 atom stereocenters. The highest BCUT2D eigenvalue weighted by Gasteiger charge is 2.32. The van der Waals surface area contributed by atoms with E-state index in [1.807, 2.05) is 24.3 Å². The molecule has 2 aromatic carbocycles. The lowest BCUT2D eigenvalue weighted by atomic mass is 10.2. The second-order valence-corrected chi connectivity index (χ2v) is 5.03. The van der Waals surface area contributed by atoms with Gasteiger partial charge in [-0.15, -0.1) is 13.2 Å². The Labute approximate surface area is 140 Å². The molecule has 0 aliphatic rings. The average molecular weight is 347 g/mol. The molecule has 128 valence electrons. The molecule has 0 aliphatic carbocycles. The minimum Gasteiger partial charge on any atom is -0.405 e. The maximum absolute atomic E-state index is 12.4. The van der Waals surface area contributed by atoms with E-state index in [9.17, 15) is 18.0 Å². The summed E-state index contributed by atoms with van der Waals surface area (Å²) in [6.45, 7) is 0. The van der Waals surface area contributed by atoms with Gasteiger partial charge in [0.25, 0.3) is 5.91 Å². The molecular formula is C17H12F3N3O2. The quantitative estimate of drug-likeness (QED) is 0.556. The molecule has 1 aromatic heterocycles. The SMILES string of the molecule is O=C(NN=Cc1c[nH]c2ccccc12)c1ccccc1OC(F)(F)F. The van der Waals surface area contributed by atoms with Crippen LogP contribution >= 0.6 is 0 Å². The number of benzene rings is 2. The van der Waals surface area contributed by atoms with Gasteiger partial charge in [0.2, 0.25) is 0 Å². The third-order valence-corrected chi connectivity index (χ3v) is 3.35. The zero-order valence-electron chi connectivity index (χ0n) is 12.7. The summed E-state index contributed by atoms with van der Waals surface area (Å²) < 4.78 is 41.0. The van der Waals surface area contributed by atoms with Crippen LogP contribution in [0.5, 0.6) is 5.75 Å². The first-order chi connectivity index (χ1) is 11.9. The largest absolute Gasteiger partial charge is 0.573 e. The van der Waals surface area contributed by atoms with Gasteiger partial charge in [-0.1, -0.05) is 30.3 Å². The van der Waals surface area contributed by atoms with E-state index in [2.05, 4.69) is 20.2 Å². The van der Waals surface area contributed by atoms with Crippen molar-refractivity contribution in [2.24, 2.45) is 5.10 Å². The minimum absolute atomic E-state index is 0.268. The lowest BCUT2D eigenvalue weighted by Gasteiger charge is -2.11. The number of alkyl halides is 3. The highest BCUT2D eigenvalue weighted by atomic mass is 19.4. The maximum atomic E-state index is 12.4. The fourth-order valence-corrected chi connectivity index (χ4v) is 2.29. The number of carbonyl (C=O) groups is 1. The van der Waals surface area contributed by atoms with Crippen molar-refractivity contribution in [3.05, 3.63) is 65.9 Å². The molecule has 0 saturated carbocycles. The number of nitrogens with zero attached hydrogens (tertiary/aromatic N) is 1. The standard InChI is InChI=1S/C17H12F3N3O2/c18-17(19,20)25-15-8-4-2-6-13(15)16(24)23-22-10-11-9-21-14-7-3-1-5-12(11)14/h1-10,21H,(H,23,24). The van der Waals surface area contributed by atoms with Crippen LogP contribution in [-0.2, 0) is 0 Å².